The highest BCUT2D eigenvalue weighted by atomic mass is 32.2. The molecular formula is C30H32N2O5S. The van der Waals surface area contributed by atoms with Crippen LogP contribution in [0.25, 0.3) is 0 Å². The first kappa shape index (κ1) is 26.1. The summed E-state index contributed by atoms with van der Waals surface area (Å²) in [6.45, 7) is 1.59. The van der Waals surface area contributed by atoms with Gasteiger partial charge in [-0.2, -0.15) is 4.31 Å². The number of sulfonamides is 1. The molecule has 0 spiro atoms. The number of rotatable bonds is 7. The Kier molecular flexibility index (Phi) is 7.90. The Labute approximate surface area is 224 Å². The number of carbonyl (C=O) groups excluding carboxylic acids is 2. The molecule has 7 nitrogen and oxygen atoms in total. The summed E-state index contributed by atoms with van der Waals surface area (Å²) in [4.78, 5) is 27.2. The van der Waals surface area contributed by atoms with Crippen molar-refractivity contribution in [1.29, 1.82) is 0 Å². The molecule has 0 unspecified atom stereocenters. The number of amides is 1. The van der Waals surface area contributed by atoms with E-state index in [-0.39, 0.29) is 23.0 Å². The van der Waals surface area contributed by atoms with E-state index in [9.17, 15) is 18.0 Å². The highest BCUT2D eigenvalue weighted by Crippen LogP contribution is 2.26. The third kappa shape index (κ3) is 5.97. The van der Waals surface area contributed by atoms with Crippen LogP contribution in [0.2, 0.25) is 0 Å². The van der Waals surface area contributed by atoms with Gasteiger partial charge in [-0.25, -0.2) is 13.2 Å². The van der Waals surface area contributed by atoms with Crippen LogP contribution < -0.4 is 0 Å². The maximum absolute atomic E-state index is 13.3. The Morgan fingerprint density at radius 1 is 0.842 bits per heavy atom. The maximum atomic E-state index is 13.3. The minimum atomic E-state index is -3.79. The number of hydrogen-bond acceptors (Lipinski definition) is 5. The molecule has 0 aromatic heterocycles. The standard InChI is InChI=1S/C30H32N2O5S/c33-29(31-16-13-24(14-17-31)19-23-7-2-1-3-8-23)22-37-30(34)26-11-6-12-28(20-26)38(35,36)32-18-15-25-9-4-5-10-27(25)21-32/h1-12,20,24H,13-19,21-22H2. The first-order valence-electron chi connectivity index (χ1n) is 13.1. The summed E-state index contributed by atoms with van der Waals surface area (Å²) in [6.07, 6.45) is 3.47. The molecule has 2 heterocycles. The highest BCUT2D eigenvalue weighted by molar-refractivity contribution is 7.89. The van der Waals surface area contributed by atoms with E-state index in [2.05, 4.69) is 12.1 Å². The van der Waals surface area contributed by atoms with Gasteiger partial charge < -0.3 is 9.64 Å². The molecule has 0 aliphatic carbocycles. The molecule has 0 atom stereocenters. The predicted octanol–water partition coefficient (Wildman–Crippen LogP) is 4.07. The topological polar surface area (TPSA) is 84.0 Å². The second-order valence-corrected chi connectivity index (χ2v) is 11.9. The predicted molar refractivity (Wildman–Crippen MR) is 144 cm³/mol. The molecule has 1 amide bonds. The molecule has 198 valence electrons. The van der Waals surface area contributed by atoms with E-state index in [1.54, 1.807) is 4.90 Å². The van der Waals surface area contributed by atoms with Crippen LogP contribution in [0.4, 0.5) is 0 Å². The summed E-state index contributed by atoms with van der Waals surface area (Å²) >= 11 is 0. The zero-order valence-corrected chi connectivity index (χ0v) is 22.1. The molecule has 1 saturated heterocycles. The second-order valence-electron chi connectivity index (χ2n) is 9.98. The molecule has 2 aliphatic heterocycles. The fraction of sp³-hybridized carbons (Fsp3) is 0.333. The van der Waals surface area contributed by atoms with Crippen LogP contribution in [0.1, 0.15) is 39.9 Å². The second kappa shape index (κ2) is 11.5. The SMILES string of the molecule is O=C(OCC(=O)N1CCC(Cc2ccccc2)CC1)c1cccc(S(=O)(=O)N2CCc3ccccc3C2)c1. The van der Waals surface area contributed by atoms with Crippen molar-refractivity contribution in [2.24, 2.45) is 5.92 Å². The molecule has 5 rings (SSSR count). The first-order chi connectivity index (χ1) is 18.4. The van der Waals surface area contributed by atoms with Gasteiger partial charge in [0.2, 0.25) is 10.0 Å². The number of esters is 1. The number of fused-ring (bicyclic) bond motifs is 1. The molecule has 0 radical (unpaired) electrons. The zero-order valence-electron chi connectivity index (χ0n) is 21.3. The molecule has 8 heteroatoms. The number of piperidine rings is 1. The van der Waals surface area contributed by atoms with Crippen molar-refractivity contribution in [2.75, 3.05) is 26.2 Å². The van der Waals surface area contributed by atoms with Crippen LogP contribution in [0.15, 0.2) is 83.8 Å². The fourth-order valence-electron chi connectivity index (χ4n) is 5.24. The lowest BCUT2D eigenvalue weighted by Crippen LogP contribution is -2.41. The highest BCUT2D eigenvalue weighted by Gasteiger charge is 2.29. The van der Waals surface area contributed by atoms with Gasteiger partial charge in [0.1, 0.15) is 0 Å². The molecule has 3 aromatic rings. The molecule has 0 bridgehead atoms. The Morgan fingerprint density at radius 3 is 2.32 bits per heavy atom. The van der Waals surface area contributed by atoms with Crippen LogP contribution in [-0.4, -0.2) is 55.7 Å². The monoisotopic (exact) mass is 532 g/mol. The number of hydrogen-bond donors (Lipinski definition) is 0. The van der Waals surface area contributed by atoms with Gasteiger partial charge in [0.25, 0.3) is 5.91 Å². The van der Waals surface area contributed by atoms with E-state index in [4.69, 9.17) is 4.74 Å². The van der Waals surface area contributed by atoms with Gasteiger partial charge in [0, 0.05) is 26.2 Å². The minimum Gasteiger partial charge on any atom is -0.452 e. The molecule has 3 aromatic carbocycles. The van der Waals surface area contributed by atoms with Crippen LogP contribution in [0.5, 0.6) is 0 Å². The fourth-order valence-corrected chi connectivity index (χ4v) is 6.71. The van der Waals surface area contributed by atoms with E-state index >= 15 is 0 Å². The lowest BCUT2D eigenvalue weighted by atomic mass is 9.90. The number of likely N-dealkylation sites (tertiary alicyclic amines) is 1. The lowest BCUT2D eigenvalue weighted by molar-refractivity contribution is -0.135. The Morgan fingerprint density at radius 2 is 1.55 bits per heavy atom. The summed E-state index contributed by atoms with van der Waals surface area (Å²) in [5.41, 5.74) is 3.56. The number of nitrogens with zero attached hydrogens (tertiary/aromatic N) is 2. The number of ether oxygens (including phenoxy) is 1. The third-order valence-corrected chi connectivity index (χ3v) is 9.31. The Balaban J connectivity index is 1.14. The molecule has 38 heavy (non-hydrogen) atoms. The van der Waals surface area contributed by atoms with Gasteiger partial charge in [0.15, 0.2) is 6.61 Å². The van der Waals surface area contributed by atoms with E-state index in [0.717, 1.165) is 30.4 Å². The summed E-state index contributed by atoms with van der Waals surface area (Å²) in [6, 6.07) is 24.0. The van der Waals surface area contributed by atoms with Crippen molar-refractivity contribution in [1.82, 2.24) is 9.21 Å². The van der Waals surface area contributed by atoms with Crippen LogP contribution >= 0.6 is 0 Å². The molecular weight excluding hydrogens is 500 g/mol. The van der Waals surface area contributed by atoms with Crippen molar-refractivity contribution in [2.45, 2.75) is 37.1 Å². The average Bonchev–Trinajstić information content (AvgIpc) is 2.96. The van der Waals surface area contributed by atoms with Crippen molar-refractivity contribution >= 4 is 21.9 Å². The average molecular weight is 533 g/mol. The Hall–Kier alpha value is -3.49. The zero-order chi connectivity index (χ0) is 26.5. The smallest absolute Gasteiger partial charge is 0.338 e. The van der Waals surface area contributed by atoms with Crippen molar-refractivity contribution < 1.29 is 22.7 Å². The summed E-state index contributed by atoms with van der Waals surface area (Å²) in [7, 11) is -3.79. The molecule has 0 N–H and O–H groups in total. The van der Waals surface area contributed by atoms with Gasteiger partial charge in [0.05, 0.1) is 10.5 Å². The number of carbonyl (C=O) groups is 2. The minimum absolute atomic E-state index is 0.0400. The molecule has 1 fully saturated rings. The van der Waals surface area contributed by atoms with Crippen molar-refractivity contribution in [3.05, 3.63) is 101 Å². The summed E-state index contributed by atoms with van der Waals surface area (Å²) in [5, 5.41) is 0. The first-order valence-corrected chi connectivity index (χ1v) is 14.5. The van der Waals surface area contributed by atoms with E-state index < -0.39 is 16.0 Å². The van der Waals surface area contributed by atoms with Gasteiger partial charge in [-0.1, -0.05) is 60.7 Å². The van der Waals surface area contributed by atoms with Gasteiger partial charge in [-0.05, 0) is 66.5 Å². The van der Waals surface area contributed by atoms with E-state index in [0.29, 0.717) is 38.5 Å². The lowest BCUT2D eigenvalue weighted by Gasteiger charge is -2.32. The van der Waals surface area contributed by atoms with Gasteiger partial charge >= 0.3 is 5.97 Å². The van der Waals surface area contributed by atoms with Crippen LogP contribution in [0, 0.1) is 5.92 Å². The Bertz CT molecular complexity index is 1400. The normalized spacial score (nSPS) is 16.6. The largest absolute Gasteiger partial charge is 0.452 e. The van der Waals surface area contributed by atoms with Gasteiger partial charge in [-0.15, -0.1) is 0 Å². The van der Waals surface area contributed by atoms with E-state index in [1.165, 1.54) is 34.1 Å². The maximum Gasteiger partial charge on any atom is 0.338 e. The van der Waals surface area contributed by atoms with Crippen molar-refractivity contribution in [3.8, 4) is 0 Å². The number of benzene rings is 3. The molecule has 0 saturated carbocycles. The summed E-state index contributed by atoms with van der Waals surface area (Å²) in [5.74, 6) is -0.410. The molecule has 2 aliphatic rings. The third-order valence-electron chi connectivity index (χ3n) is 7.46. The van der Waals surface area contributed by atoms with Crippen LogP contribution in [-0.2, 0) is 38.9 Å². The van der Waals surface area contributed by atoms with Crippen LogP contribution in [0.3, 0.4) is 0 Å². The quantitative estimate of drug-likeness (QED) is 0.429. The summed E-state index contributed by atoms with van der Waals surface area (Å²) < 4.78 is 33.3. The van der Waals surface area contributed by atoms with Gasteiger partial charge in [-0.3, -0.25) is 4.79 Å². The van der Waals surface area contributed by atoms with Crippen molar-refractivity contribution in [3.63, 3.8) is 0 Å². The van der Waals surface area contributed by atoms with E-state index in [1.807, 2.05) is 42.5 Å².